The average molecular weight is 253 g/mol. The number of carbonyl (C=O) groups is 1. The Bertz CT molecular complexity index is 418. The van der Waals surface area contributed by atoms with Crippen LogP contribution in [0.3, 0.4) is 0 Å². The third-order valence-electron chi connectivity index (χ3n) is 2.41. The maximum absolute atomic E-state index is 11.6. The van der Waals surface area contributed by atoms with Gasteiger partial charge in [-0.15, -0.1) is 6.58 Å². The molecule has 4 heteroatoms. The van der Waals surface area contributed by atoms with Crippen molar-refractivity contribution in [3.05, 3.63) is 41.4 Å². The number of halogens is 1. The Balaban J connectivity index is 2.56. The summed E-state index contributed by atoms with van der Waals surface area (Å²) in [5, 5.41) is 6.44. The van der Waals surface area contributed by atoms with E-state index in [0.29, 0.717) is 5.02 Å². The molecule has 1 aromatic rings. The molecular formula is C13H17ClN2O. The van der Waals surface area contributed by atoms with Gasteiger partial charge in [0, 0.05) is 16.8 Å². The average Bonchev–Trinajstić information content (AvgIpc) is 2.30. The third-order valence-corrected chi connectivity index (χ3v) is 2.65. The smallest absolute Gasteiger partial charge is 0.238 e. The Morgan fingerprint density at radius 2 is 2.29 bits per heavy atom. The third kappa shape index (κ3) is 4.59. The van der Waals surface area contributed by atoms with Crippen molar-refractivity contribution in [3.63, 3.8) is 0 Å². The van der Waals surface area contributed by atoms with E-state index >= 15 is 0 Å². The Hall–Kier alpha value is -1.32. The van der Waals surface area contributed by atoms with Crippen LogP contribution in [0.5, 0.6) is 0 Å². The number of rotatable bonds is 5. The van der Waals surface area contributed by atoms with E-state index in [1.165, 1.54) is 0 Å². The Morgan fingerprint density at radius 1 is 1.59 bits per heavy atom. The molecule has 92 valence electrons. The standard InChI is InChI=1S/C13H17ClN2O/c1-4-10(3)15-8-13(17)16-12-7-11(14)6-5-9(12)2/h4-7,10,15H,1,8H2,2-3H3,(H,16,17). The molecule has 0 fully saturated rings. The van der Waals surface area contributed by atoms with Crippen molar-refractivity contribution in [3.8, 4) is 0 Å². The monoisotopic (exact) mass is 252 g/mol. The van der Waals surface area contributed by atoms with Crippen molar-refractivity contribution < 1.29 is 4.79 Å². The lowest BCUT2D eigenvalue weighted by Gasteiger charge is -2.11. The minimum Gasteiger partial charge on any atom is -0.325 e. The van der Waals surface area contributed by atoms with Crippen LogP contribution in [-0.2, 0) is 4.79 Å². The first-order valence-electron chi connectivity index (χ1n) is 5.45. The van der Waals surface area contributed by atoms with Gasteiger partial charge in [0.2, 0.25) is 5.91 Å². The van der Waals surface area contributed by atoms with Crippen LogP contribution in [0.1, 0.15) is 12.5 Å². The van der Waals surface area contributed by atoms with Crippen molar-refractivity contribution in [2.45, 2.75) is 19.9 Å². The molecule has 0 aromatic heterocycles. The van der Waals surface area contributed by atoms with Crippen molar-refractivity contribution in [2.75, 3.05) is 11.9 Å². The van der Waals surface area contributed by atoms with Crippen molar-refractivity contribution in [1.82, 2.24) is 5.32 Å². The molecule has 0 bridgehead atoms. The van der Waals surface area contributed by atoms with Crippen LogP contribution >= 0.6 is 11.6 Å². The first-order valence-corrected chi connectivity index (χ1v) is 5.82. The second kappa shape index (κ2) is 6.42. The van der Waals surface area contributed by atoms with Crippen LogP contribution in [-0.4, -0.2) is 18.5 Å². The van der Waals surface area contributed by atoms with E-state index in [4.69, 9.17) is 11.6 Å². The lowest BCUT2D eigenvalue weighted by molar-refractivity contribution is -0.115. The number of amides is 1. The highest BCUT2D eigenvalue weighted by Gasteiger charge is 2.06. The lowest BCUT2D eigenvalue weighted by Crippen LogP contribution is -2.33. The fourth-order valence-electron chi connectivity index (χ4n) is 1.26. The molecule has 0 aliphatic rings. The first kappa shape index (κ1) is 13.7. The van der Waals surface area contributed by atoms with Crippen LogP contribution in [0, 0.1) is 6.92 Å². The summed E-state index contributed by atoms with van der Waals surface area (Å²) in [6, 6.07) is 5.52. The van der Waals surface area contributed by atoms with E-state index in [2.05, 4.69) is 17.2 Å². The molecule has 0 saturated carbocycles. The predicted molar refractivity (Wildman–Crippen MR) is 72.5 cm³/mol. The van der Waals surface area contributed by atoms with E-state index in [1.54, 1.807) is 18.2 Å². The summed E-state index contributed by atoms with van der Waals surface area (Å²) in [7, 11) is 0. The van der Waals surface area contributed by atoms with Crippen LogP contribution < -0.4 is 10.6 Å². The molecule has 1 rings (SSSR count). The molecule has 0 saturated heterocycles. The van der Waals surface area contributed by atoms with Crippen molar-refractivity contribution in [1.29, 1.82) is 0 Å². The maximum Gasteiger partial charge on any atom is 0.238 e. The Morgan fingerprint density at radius 3 is 2.94 bits per heavy atom. The van der Waals surface area contributed by atoms with Gasteiger partial charge in [0.05, 0.1) is 6.54 Å². The van der Waals surface area contributed by atoms with E-state index < -0.39 is 0 Å². The fraction of sp³-hybridized carbons (Fsp3) is 0.308. The molecule has 17 heavy (non-hydrogen) atoms. The largest absolute Gasteiger partial charge is 0.325 e. The molecule has 0 spiro atoms. The van der Waals surface area contributed by atoms with E-state index in [1.807, 2.05) is 19.9 Å². The molecule has 3 nitrogen and oxygen atoms in total. The van der Waals surface area contributed by atoms with Gasteiger partial charge in [-0.3, -0.25) is 4.79 Å². The number of benzene rings is 1. The molecule has 0 aliphatic carbocycles. The molecule has 0 heterocycles. The van der Waals surface area contributed by atoms with Crippen LogP contribution in [0.15, 0.2) is 30.9 Å². The zero-order chi connectivity index (χ0) is 12.8. The number of aryl methyl sites for hydroxylation is 1. The summed E-state index contributed by atoms with van der Waals surface area (Å²) in [6.07, 6.45) is 1.75. The van der Waals surface area contributed by atoms with E-state index in [0.717, 1.165) is 11.3 Å². The number of anilines is 1. The van der Waals surface area contributed by atoms with E-state index in [9.17, 15) is 4.79 Å². The van der Waals surface area contributed by atoms with Gasteiger partial charge in [0.15, 0.2) is 0 Å². The second-order valence-corrected chi connectivity index (χ2v) is 4.35. The number of hydrogen-bond acceptors (Lipinski definition) is 2. The zero-order valence-corrected chi connectivity index (χ0v) is 10.8. The van der Waals surface area contributed by atoms with Gasteiger partial charge >= 0.3 is 0 Å². The summed E-state index contributed by atoms with van der Waals surface area (Å²) in [5.74, 6) is -0.0935. The topological polar surface area (TPSA) is 41.1 Å². The molecule has 0 radical (unpaired) electrons. The normalized spacial score (nSPS) is 11.9. The van der Waals surface area contributed by atoms with Gasteiger partial charge in [-0.1, -0.05) is 23.7 Å². The molecule has 2 N–H and O–H groups in total. The number of nitrogens with one attached hydrogen (secondary N) is 2. The molecule has 1 unspecified atom stereocenters. The molecular weight excluding hydrogens is 236 g/mol. The molecule has 1 amide bonds. The Labute approximate surface area is 107 Å². The van der Waals surface area contributed by atoms with Gasteiger partial charge < -0.3 is 10.6 Å². The van der Waals surface area contributed by atoms with E-state index in [-0.39, 0.29) is 18.5 Å². The SMILES string of the molecule is C=CC(C)NCC(=O)Nc1cc(Cl)ccc1C. The quantitative estimate of drug-likeness (QED) is 0.792. The van der Waals surface area contributed by atoms with Gasteiger partial charge in [0.25, 0.3) is 0 Å². The zero-order valence-electron chi connectivity index (χ0n) is 10.1. The van der Waals surface area contributed by atoms with Gasteiger partial charge in [0.1, 0.15) is 0 Å². The van der Waals surface area contributed by atoms with Crippen LogP contribution in [0.2, 0.25) is 5.02 Å². The van der Waals surface area contributed by atoms with Crippen LogP contribution in [0.4, 0.5) is 5.69 Å². The molecule has 1 atom stereocenters. The summed E-state index contributed by atoms with van der Waals surface area (Å²) >= 11 is 5.87. The maximum atomic E-state index is 11.6. The van der Waals surface area contributed by atoms with Crippen molar-refractivity contribution >= 4 is 23.2 Å². The van der Waals surface area contributed by atoms with Gasteiger partial charge in [-0.25, -0.2) is 0 Å². The Kier molecular flexibility index (Phi) is 5.19. The summed E-state index contributed by atoms with van der Waals surface area (Å²) in [5.41, 5.74) is 1.73. The highest BCUT2D eigenvalue weighted by atomic mass is 35.5. The van der Waals surface area contributed by atoms with Gasteiger partial charge in [-0.2, -0.15) is 0 Å². The number of carbonyl (C=O) groups excluding carboxylic acids is 1. The predicted octanol–water partition coefficient (Wildman–Crippen LogP) is 2.75. The van der Waals surface area contributed by atoms with Gasteiger partial charge in [-0.05, 0) is 31.5 Å². The lowest BCUT2D eigenvalue weighted by atomic mass is 10.2. The highest BCUT2D eigenvalue weighted by Crippen LogP contribution is 2.19. The van der Waals surface area contributed by atoms with Crippen molar-refractivity contribution in [2.24, 2.45) is 0 Å². The minimum absolute atomic E-state index is 0.0935. The highest BCUT2D eigenvalue weighted by molar-refractivity contribution is 6.31. The van der Waals surface area contributed by atoms with Crippen LogP contribution in [0.25, 0.3) is 0 Å². The number of hydrogen-bond donors (Lipinski definition) is 2. The second-order valence-electron chi connectivity index (χ2n) is 3.91. The first-order chi connectivity index (χ1) is 8.02. The summed E-state index contributed by atoms with van der Waals surface area (Å²) in [4.78, 5) is 11.6. The summed E-state index contributed by atoms with van der Waals surface area (Å²) in [6.45, 7) is 7.74. The minimum atomic E-state index is -0.0935. The molecule has 0 aliphatic heterocycles. The molecule has 1 aromatic carbocycles. The summed E-state index contributed by atoms with van der Waals surface area (Å²) < 4.78 is 0. The fourth-order valence-corrected chi connectivity index (χ4v) is 1.43.